The zero-order valence-corrected chi connectivity index (χ0v) is 12.6. The summed E-state index contributed by atoms with van der Waals surface area (Å²) in [5, 5.41) is 8.29. The number of pyridine rings is 1. The Morgan fingerprint density at radius 1 is 0.905 bits per heavy atom. The van der Waals surface area contributed by atoms with Gasteiger partial charge in [-0.2, -0.15) is 0 Å². The van der Waals surface area contributed by atoms with Gasteiger partial charge in [-0.1, -0.05) is 43.9 Å². The number of fused-ring (bicyclic) bond motifs is 1. The molecule has 2 aromatic rings. The average molecular weight is 283 g/mol. The molecule has 3 nitrogen and oxygen atoms in total. The number of benzene rings is 1. The van der Waals surface area contributed by atoms with Crippen molar-refractivity contribution < 1.29 is 0 Å². The molecule has 0 saturated heterocycles. The highest BCUT2D eigenvalue weighted by molar-refractivity contribution is 5.79. The van der Waals surface area contributed by atoms with Gasteiger partial charge in [0.15, 0.2) is 0 Å². The van der Waals surface area contributed by atoms with Gasteiger partial charge < -0.3 is 10.6 Å². The molecule has 0 radical (unpaired) electrons. The minimum absolute atomic E-state index is 0.721. The van der Waals surface area contributed by atoms with Crippen LogP contribution in [0.15, 0.2) is 36.4 Å². The number of rotatable bonds is 5. The van der Waals surface area contributed by atoms with Crippen LogP contribution in [0.25, 0.3) is 10.9 Å². The highest BCUT2D eigenvalue weighted by Crippen LogP contribution is 2.17. The molecule has 2 N–H and O–H groups in total. The number of nitrogens with zero attached hydrogens (tertiary/aromatic N) is 1. The van der Waals surface area contributed by atoms with Crippen LogP contribution in [0, 0.1) is 0 Å². The largest absolute Gasteiger partial charge is 0.369 e. The van der Waals surface area contributed by atoms with Crippen molar-refractivity contribution in [2.75, 3.05) is 18.4 Å². The van der Waals surface area contributed by atoms with E-state index in [1.165, 1.54) is 43.9 Å². The highest BCUT2D eigenvalue weighted by Gasteiger charge is 2.10. The number of para-hydroxylation sites is 1. The molecule has 0 spiro atoms. The van der Waals surface area contributed by atoms with Gasteiger partial charge in [0.05, 0.1) is 5.52 Å². The quantitative estimate of drug-likeness (QED) is 0.644. The fraction of sp³-hybridized carbons (Fsp3) is 0.500. The Balaban J connectivity index is 1.45. The van der Waals surface area contributed by atoms with E-state index in [4.69, 9.17) is 0 Å². The summed E-state index contributed by atoms with van der Waals surface area (Å²) in [5.41, 5.74) is 1.05. The first-order chi connectivity index (χ1) is 10.4. The maximum atomic E-state index is 4.64. The maximum Gasteiger partial charge on any atom is 0.126 e. The number of hydrogen-bond donors (Lipinski definition) is 2. The fourth-order valence-corrected chi connectivity index (χ4v) is 3.11. The van der Waals surface area contributed by atoms with Gasteiger partial charge >= 0.3 is 0 Å². The van der Waals surface area contributed by atoms with Crippen molar-refractivity contribution in [3.05, 3.63) is 36.4 Å². The van der Waals surface area contributed by atoms with Crippen LogP contribution in [0.2, 0.25) is 0 Å². The van der Waals surface area contributed by atoms with Crippen LogP contribution in [0.3, 0.4) is 0 Å². The number of anilines is 1. The highest BCUT2D eigenvalue weighted by atomic mass is 15.0. The molecule has 0 aliphatic heterocycles. The molecule has 1 aliphatic rings. The Labute approximate surface area is 127 Å². The minimum atomic E-state index is 0.721. The Kier molecular flexibility index (Phi) is 5.06. The molecule has 1 aliphatic carbocycles. The predicted octanol–water partition coefficient (Wildman–Crippen LogP) is 3.96. The molecule has 21 heavy (non-hydrogen) atoms. The van der Waals surface area contributed by atoms with Crippen LogP contribution in [0.1, 0.15) is 38.5 Å². The van der Waals surface area contributed by atoms with Crippen LogP contribution >= 0.6 is 0 Å². The van der Waals surface area contributed by atoms with Gasteiger partial charge in [0.25, 0.3) is 0 Å². The van der Waals surface area contributed by atoms with Crippen LogP contribution in [0.5, 0.6) is 0 Å². The molecule has 1 fully saturated rings. The lowest BCUT2D eigenvalue weighted by Crippen LogP contribution is -2.32. The normalized spacial score (nSPS) is 16.8. The van der Waals surface area contributed by atoms with Crippen molar-refractivity contribution in [2.24, 2.45) is 0 Å². The molecule has 1 aromatic carbocycles. The van der Waals surface area contributed by atoms with Crippen LogP contribution < -0.4 is 10.6 Å². The van der Waals surface area contributed by atoms with E-state index in [0.29, 0.717) is 0 Å². The van der Waals surface area contributed by atoms with Gasteiger partial charge in [-0.05, 0) is 31.0 Å². The number of nitrogens with one attached hydrogen (secondary N) is 2. The molecule has 0 atom stereocenters. The molecule has 112 valence electrons. The third kappa shape index (κ3) is 4.18. The van der Waals surface area contributed by atoms with Gasteiger partial charge in [0.1, 0.15) is 5.82 Å². The average Bonchev–Trinajstić information content (AvgIpc) is 2.80. The van der Waals surface area contributed by atoms with Crippen molar-refractivity contribution in [3.8, 4) is 0 Å². The molecular weight excluding hydrogens is 258 g/mol. The molecule has 1 heterocycles. The lowest BCUT2D eigenvalue weighted by molar-refractivity contribution is 0.468. The summed E-state index contributed by atoms with van der Waals surface area (Å²) in [7, 11) is 0. The van der Waals surface area contributed by atoms with E-state index in [1.807, 2.05) is 12.1 Å². The molecule has 0 amide bonds. The summed E-state index contributed by atoms with van der Waals surface area (Å²) in [6.07, 6.45) is 8.28. The summed E-state index contributed by atoms with van der Waals surface area (Å²) < 4.78 is 0. The van der Waals surface area contributed by atoms with Gasteiger partial charge in [-0.25, -0.2) is 4.98 Å². The third-order valence-electron chi connectivity index (χ3n) is 4.32. The topological polar surface area (TPSA) is 37.0 Å². The Morgan fingerprint density at radius 3 is 2.57 bits per heavy atom. The van der Waals surface area contributed by atoms with Crippen molar-refractivity contribution in [1.29, 1.82) is 0 Å². The Bertz CT molecular complexity index is 559. The Hall–Kier alpha value is -1.61. The number of hydrogen-bond acceptors (Lipinski definition) is 3. The van der Waals surface area contributed by atoms with E-state index in [-0.39, 0.29) is 0 Å². The molecular formula is C18H25N3. The van der Waals surface area contributed by atoms with E-state index in [0.717, 1.165) is 30.5 Å². The smallest absolute Gasteiger partial charge is 0.126 e. The predicted molar refractivity (Wildman–Crippen MR) is 89.7 cm³/mol. The van der Waals surface area contributed by atoms with Crippen LogP contribution in [-0.2, 0) is 0 Å². The van der Waals surface area contributed by atoms with E-state index in [9.17, 15) is 0 Å². The zero-order chi connectivity index (χ0) is 14.3. The van der Waals surface area contributed by atoms with Crippen LogP contribution in [0.4, 0.5) is 5.82 Å². The van der Waals surface area contributed by atoms with Crippen molar-refractivity contribution >= 4 is 16.7 Å². The van der Waals surface area contributed by atoms with Gasteiger partial charge in [-0.3, -0.25) is 0 Å². The van der Waals surface area contributed by atoms with E-state index >= 15 is 0 Å². The SMILES string of the molecule is c1ccc2nc(NCCNC3CCCCCC3)ccc2c1. The summed E-state index contributed by atoms with van der Waals surface area (Å²) in [6.45, 7) is 1.95. The van der Waals surface area contributed by atoms with Crippen molar-refractivity contribution in [3.63, 3.8) is 0 Å². The summed E-state index contributed by atoms with van der Waals surface area (Å²) >= 11 is 0. The second kappa shape index (κ2) is 7.41. The molecule has 3 rings (SSSR count). The third-order valence-corrected chi connectivity index (χ3v) is 4.32. The van der Waals surface area contributed by atoms with E-state index < -0.39 is 0 Å². The van der Waals surface area contributed by atoms with E-state index in [2.05, 4.69) is 39.9 Å². The van der Waals surface area contributed by atoms with Crippen LogP contribution in [-0.4, -0.2) is 24.1 Å². The standard InChI is InChI=1S/C18H25N3/c1-2-4-9-16(8-3-1)19-13-14-20-18-12-11-15-7-5-6-10-17(15)21-18/h5-7,10-12,16,19H,1-4,8-9,13-14H2,(H,20,21). The second-order valence-electron chi connectivity index (χ2n) is 5.96. The molecule has 0 bridgehead atoms. The lowest BCUT2D eigenvalue weighted by atomic mass is 10.1. The molecule has 1 saturated carbocycles. The first kappa shape index (κ1) is 14.3. The minimum Gasteiger partial charge on any atom is -0.369 e. The second-order valence-corrected chi connectivity index (χ2v) is 5.96. The van der Waals surface area contributed by atoms with Gasteiger partial charge in [-0.15, -0.1) is 0 Å². The first-order valence-corrected chi connectivity index (χ1v) is 8.25. The van der Waals surface area contributed by atoms with Crippen molar-refractivity contribution in [1.82, 2.24) is 10.3 Å². The molecule has 3 heteroatoms. The van der Waals surface area contributed by atoms with Gasteiger partial charge in [0.2, 0.25) is 0 Å². The fourth-order valence-electron chi connectivity index (χ4n) is 3.11. The maximum absolute atomic E-state index is 4.64. The van der Waals surface area contributed by atoms with Crippen molar-refractivity contribution in [2.45, 2.75) is 44.6 Å². The summed E-state index contributed by atoms with van der Waals surface area (Å²) in [4.78, 5) is 4.64. The van der Waals surface area contributed by atoms with E-state index in [1.54, 1.807) is 0 Å². The molecule has 1 aromatic heterocycles. The summed E-state index contributed by atoms with van der Waals surface area (Å²) in [6, 6.07) is 13.2. The monoisotopic (exact) mass is 283 g/mol. The Morgan fingerprint density at radius 2 is 1.71 bits per heavy atom. The summed E-state index contributed by atoms with van der Waals surface area (Å²) in [5.74, 6) is 0.969. The first-order valence-electron chi connectivity index (χ1n) is 8.25. The lowest BCUT2D eigenvalue weighted by Gasteiger charge is -2.16. The van der Waals surface area contributed by atoms with Gasteiger partial charge in [0, 0.05) is 24.5 Å². The number of aromatic nitrogens is 1. The zero-order valence-electron chi connectivity index (χ0n) is 12.6. The molecule has 0 unspecified atom stereocenters.